The Bertz CT molecular complexity index is 726. The lowest BCUT2D eigenvalue weighted by Crippen LogP contribution is -2.12. The van der Waals surface area contributed by atoms with Crippen LogP contribution < -0.4 is 10.1 Å². The maximum absolute atomic E-state index is 11.3. The van der Waals surface area contributed by atoms with Crippen molar-refractivity contribution in [1.82, 2.24) is 0 Å². The molecule has 1 atom stereocenters. The molecule has 0 radical (unpaired) electrons. The number of ether oxygens (including phenoxy) is 1. The van der Waals surface area contributed by atoms with E-state index < -0.39 is 10.8 Å². The summed E-state index contributed by atoms with van der Waals surface area (Å²) in [5.74, 6) is 1.22. The van der Waals surface area contributed by atoms with Crippen LogP contribution >= 0.6 is 11.6 Å². The van der Waals surface area contributed by atoms with E-state index in [2.05, 4.69) is 11.4 Å². The Kier molecular flexibility index (Phi) is 6.45. The lowest BCUT2D eigenvalue weighted by atomic mass is 10.2. The van der Waals surface area contributed by atoms with Gasteiger partial charge in [-0.25, -0.2) is 0 Å². The number of hydrogen-bond donors (Lipinski definition) is 1. The first-order valence-electron chi connectivity index (χ1n) is 7.04. The van der Waals surface area contributed by atoms with E-state index in [9.17, 15) is 4.21 Å². The van der Waals surface area contributed by atoms with Crippen LogP contribution in [0, 0.1) is 11.3 Å². The Morgan fingerprint density at radius 3 is 2.65 bits per heavy atom. The van der Waals surface area contributed by atoms with Gasteiger partial charge < -0.3 is 10.1 Å². The highest BCUT2D eigenvalue weighted by Gasteiger charge is 2.03. The molecule has 0 fully saturated rings. The number of nitriles is 1. The summed E-state index contributed by atoms with van der Waals surface area (Å²) in [7, 11) is -0.885. The molecule has 6 heteroatoms. The predicted molar refractivity (Wildman–Crippen MR) is 94.4 cm³/mol. The minimum absolute atomic E-state index is 0.464. The van der Waals surface area contributed by atoms with E-state index >= 15 is 0 Å². The third-order valence-corrected chi connectivity index (χ3v) is 4.14. The molecule has 0 spiro atoms. The van der Waals surface area contributed by atoms with Crippen LogP contribution in [-0.2, 0) is 16.6 Å². The highest BCUT2D eigenvalue weighted by atomic mass is 35.5. The minimum Gasteiger partial charge on any atom is -0.492 e. The quantitative estimate of drug-likeness (QED) is 0.777. The molecule has 2 aromatic carbocycles. The third kappa shape index (κ3) is 5.59. The number of benzene rings is 2. The molecule has 0 saturated heterocycles. The Morgan fingerprint density at radius 1 is 1.26 bits per heavy atom. The second kappa shape index (κ2) is 8.56. The summed E-state index contributed by atoms with van der Waals surface area (Å²) < 4.78 is 16.9. The van der Waals surface area contributed by atoms with Gasteiger partial charge in [0.15, 0.2) is 0 Å². The second-order valence-electron chi connectivity index (χ2n) is 4.94. The van der Waals surface area contributed by atoms with Crippen molar-refractivity contribution in [3.05, 3.63) is 58.6 Å². The number of nitrogens with zero attached hydrogens (tertiary/aromatic N) is 1. The fourth-order valence-electron chi connectivity index (χ4n) is 2.01. The third-order valence-electron chi connectivity index (χ3n) is 3.07. The Labute approximate surface area is 143 Å². The summed E-state index contributed by atoms with van der Waals surface area (Å²) >= 11 is 6.15. The molecule has 2 rings (SSSR count). The van der Waals surface area contributed by atoms with E-state index in [1.54, 1.807) is 36.6 Å². The van der Waals surface area contributed by atoms with E-state index in [0.29, 0.717) is 35.2 Å². The van der Waals surface area contributed by atoms with Gasteiger partial charge in [-0.05, 0) is 42.0 Å². The molecule has 0 aromatic heterocycles. The number of halogens is 1. The molecular formula is C17H17ClN2O2S. The van der Waals surface area contributed by atoms with Crippen LogP contribution in [0.25, 0.3) is 0 Å². The summed E-state index contributed by atoms with van der Waals surface area (Å²) in [6.45, 7) is 1.05. The molecule has 0 amide bonds. The van der Waals surface area contributed by atoms with E-state index in [-0.39, 0.29) is 0 Å². The summed E-state index contributed by atoms with van der Waals surface area (Å²) in [6, 6.07) is 14.6. The Morgan fingerprint density at radius 2 is 2.00 bits per heavy atom. The van der Waals surface area contributed by atoms with E-state index in [1.165, 1.54) is 0 Å². The zero-order valence-corrected chi connectivity index (χ0v) is 14.3. The molecule has 0 heterocycles. The van der Waals surface area contributed by atoms with E-state index in [4.69, 9.17) is 21.6 Å². The van der Waals surface area contributed by atoms with Crippen molar-refractivity contribution in [2.75, 3.05) is 24.7 Å². The largest absolute Gasteiger partial charge is 0.492 e. The van der Waals surface area contributed by atoms with E-state index in [1.807, 2.05) is 12.1 Å². The zero-order valence-electron chi connectivity index (χ0n) is 12.7. The van der Waals surface area contributed by atoms with Crippen molar-refractivity contribution in [2.24, 2.45) is 0 Å². The molecule has 2 aromatic rings. The van der Waals surface area contributed by atoms with Crippen LogP contribution in [0.4, 0.5) is 5.69 Å². The summed E-state index contributed by atoms with van der Waals surface area (Å²) in [5.41, 5.74) is 2.39. The molecular weight excluding hydrogens is 332 g/mol. The summed E-state index contributed by atoms with van der Waals surface area (Å²) in [4.78, 5) is 0. The van der Waals surface area contributed by atoms with Crippen LogP contribution in [0.1, 0.15) is 11.1 Å². The first kappa shape index (κ1) is 17.3. The first-order chi connectivity index (χ1) is 11.1. The first-order valence-corrected chi connectivity index (χ1v) is 9.14. The highest BCUT2D eigenvalue weighted by molar-refractivity contribution is 7.83. The van der Waals surface area contributed by atoms with Crippen molar-refractivity contribution >= 4 is 28.1 Å². The van der Waals surface area contributed by atoms with Gasteiger partial charge in [0, 0.05) is 29.4 Å². The van der Waals surface area contributed by atoms with Gasteiger partial charge >= 0.3 is 0 Å². The Balaban J connectivity index is 1.85. The summed E-state index contributed by atoms with van der Waals surface area (Å²) in [5, 5.41) is 12.6. The van der Waals surface area contributed by atoms with Crippen LogP contribution in [0.5, 0.6) is 5.75 Å². The van der Waals surface area contributed by atoms with Gasteiger partial charge in [0.2, 0.25) is 0 Å². The average molecular weight is 349 g/mol. The molecule has 4 nitrogen and oxygen atoms in total. The van der Waals surface area contributed by atoms with Gasteiger partial charge in [-0.1, -0.05) is 17.7 Å². The molecule has 0 aliphatic carbocycles. The van der Waals surface area contributed by atoms with Crippen molar-refractivity contribution in [3.8, 4) is 11.8 Å². The molecule has 1 N–H and O–H groups in total. The van der Waals surface area contributed by atoms with Gasteiger partial charge in [0.1, 0.15) is 12.4 Å². The molecule has 23 heavy (non-hydrogen) atoms. The monoisotopic (exact) mass is 348 g/mol. The zero-order chi connectivity index (χ0) is 16.7. The number of nitrogens with one attached hydrogen (secondary N) is 1. The van der Waals surface area contributed by atoms with Gasteiger partial charge in [-0.2, -0.15) is 5.26 Å². The van der Waals surface area contributed by atoms with Crippen molar-refractivity contribution < 1.29 is 8.95 Å². The number of anilines is 1. The topological polar surface area (TPSA) is 62.1 Å². The number of rotatable bonds is 7. The van der Waals surface area contributed by atoms with Crippen molar-refractivity contribution in [1.29, 1.82) is 5.26 Å². The van der Waals surface area contributed by atoms with Crippen LogP contribution in [-0.4, -0.2) is 23.6 Å². The fourth-order valence-corrected chi connectivity index (χ4v) is 2.85. The highest BCUT2D eigenvalue weighted by Crippen LogP contribution is 2.23. The molecule has 120 valence electrons. The fraction of sp³-hybridized carbons (Fsp3) is 0.235. The van der Waals surface area contributed by atoms with Crippen LogP contribution in [0.15, 0.2) is 42.5 Å². The summed E-state index contributed by atoms with van der Waals surface area (Å²) in [6.07, 6.45) is 1.67. The minimum atomic E-state index is -0.885. The maximum atomic E-state index is 11.3. The molecule has 0 bridgehead atoms. The normalized spacial score (nSPS) is 11.5. The van der Waals surface area contributed by atoms with Gasteiger partial charge in [0.25, 0.3) is 0 Å². The van der Waals surface area contributed by atoms with Gasteiger partial charge in [-0.15, -0.1) is 0 Å². The predicted octanol–water partition coefficient (Wildman–Crippen LogP) is 3.58. The van der Waals surface area contributed by atoms with Crippen molar-refractivity contribution in [2.45, 2.75) is 5.75 Å². The van der Waals surface area contributed by atoms with Gasteiger partial charge in [-0.3, -0.25) is 4.21 Å². The lowest BCUT2D eigenvalue weighted by molar-refractivity contribution is 0.333. The smallest absolute Gasteiger partial charge is 0.119 e. The van der Waals surface area contributed by atoms with E-state index in [0.717, 1.165) is 11.3 Å². The van der Waals surface area contributed by atoms with Gasteiger partial charge in [0.05, 0.1) is 22.3 Å². The molecule has 0 aliphatic rings. The standard InChI is InChI=1S/C17H17ClN2O2S/c1-23(21)12-14-4-7-16(18)17(10-14)20-8-9-22-15-5-2-13(11-19)3-6-15/h2-7,10,20H,8-9,12H2,1H3/t23-/m0/s1. The maximum Gasteiger partial charge on any atom is 0.119 e. The lowest BCUT2D eigenvalue weighted by Gasteiger charge is -2.11. The number of hydrogen-bond acceptors (Lipinski definition) is 4. The second-order valence-corrected chi connectivity index (χ2v) is 6.79. The Hall–Kier alpha value is -2.03. The average Bonchev–Trinajstić information content (AvgIpc) is 2.54. The molecule has 0 aliphatic heterocycles. The van der Waals surface area contributed by atoms with Crippen LogP contribution in [0.3, 0.4) is 0 Å². The molecule has 0 unspecified atom stereocenters. The van der Waals surface area contributed by atoms with Crippen LogP contribution in [0.2, 0.25) is 5.02 Å². The molecule has 0 saturated carbocycles. The SMILES string of the molecule is C[S@](=O)Cc1ccc(Cl)c(NCCOc2ccc(C#N)cc2)c1. The van der Waals surface area contributed by atoms with Crippen molar-refractivity contribution in [3.63, 3.8) is 0 Å².